The maximum absolute atomic E-state index is 12.6. The molecular weight excluding hydrogens is 505 g/mol. The van der Waals surface area contributed by atoms with E-state index in [0.717, 1.165) is 17.6 Å². The fourth-order valence-electron chi connectivity index (χ4n) is 3.02. The molecule has 0 saturated heterocycles. The van der Waals surface area contributed by atoms with Gasteiger partial charge < -0.3 is 25.1 Å². The Morgan fingerprint density at radius 3 is 2.63 bits per heavy atom. The van der Waals surface area contributed by atoms with Gasteiger partial charge in [-0.15, -0.1) is 24.0 Å². The van der Waals surface area contributed by atoms with E-state index in [-0.39, 0.29) is 36.3 Å². The average Bonchev–Trinajstić information content (AvgIpc) is 3.13. The molecular formula is C21H25F2IN4O2. The molecule has 0 unspecified atom stereocenters. The van der Waals surface area contributed by atoms with Crippen LogP contribution in [0.2, 0.25) is 0 Å². The number of hydrogen-bond donors (Lipinski definition) is 3. The number of alkyl halides is 2. The van der Waals surface area contributed by atoms with Crippen molar-refractivity contribution in [2.45, 2.75) is 19.6 Å². The Morgan fingerprint density at radius 2 is 1.93 bits per heavy atom. The summed E-state index contributed by atoms with van der Waals surface area (Å²) < 4.78 is 35.0. The van der Waals surface area contributed by atoms with Crippen molar-refractivity contribution in [3.8, 4) is 11.5 Å². The van der Waals surface area contributed by atoms with Gasteiger partial charge in [-0.25, -0.2) is 0 Å². The normalized spacial score (nSPS) is 11.3. The molecule has 1 aromatic heterocycles. The molecule has 0 amide bonds. The van der Waals surface area contributed by atoms with Crippen molar-refractivity contribution in [1.82, 2.24) is 15.6 Å². The fourth-order valence-corrected chi connectivity index (χ4v) is 3.02. The molecule has 9 heteroatoms. The highest BCUT2D eigenvalue weighted by atomic mass is 127. The molecule has 0 aliphatic rings. The van der Waals surface area contributed by atoms with Gasteiger partial charge in [-0.3, -0.25) is 4.99 Å². The predicted octanol–water partition coefficient (Wildman–Crippen LogP) is 4.30. The van der Waals surface area contributed by atoms with Gasteiger partial charge >= 0.3 is 6.61 Å². The lowest BCUT2D eigenvalue weighted by Gasteiger charge is -2.15. The molecule has 0 aliphatic heterocycles. The number of hydrogen-bond acceptors (Lipinski definition) is 3. The monoisotopic (exact) mass is 530 g/mol. The van der Waals surface area contributed by atoms with Crippen molar-refractivity contribution in [3.63, 3.8) is 0 Å². The number of para-hydroxylation sites is 1. The Balaban J connectivity index is 0.00000320. The largest absolute Gasteiger partial charge is 0.497 e. The Labute approximate surface area is 191 Å². The summed E-state index contributed by atoms with van der Waals surface area (Å²) in [6, 6.07) is 14.9. The molecule has 0 spiro atoms. The number of nitrogens with one attached hydrogen (secondary N) is 3. The van der Waals surface area contributed by atoms with Crippen molar-refractivity contribution in [2.75, 3.05) is 20.7 Å². The van der Waals surface area contributed by atoms with E-state index >= 15 is 0 Å². The van der Waals surface area contributed by atoms with Crippen LogP contribution in [0.4, 0.5) is 8.78 Å². The molecule has 2 aromatic carbocycles. The van der Waals surface area contributed by atoms with Gasteiger partial charge in [0.25, 0.3) is 0 Å². The van der Waals surface area contributed by atoms with Crippen molar-refractivity contribution in [2.24, 2.45) is 4.99 Å². The van der Waals surface area contributed by atoms with E-state index in [1.165, 1.54) is 18.6 Å². The number of methoxy groups -OCH3 is 1. The summed E-state index contributed by atoms with van der Waals surface area (Å²) in [6.07, 6.45) is 0.786. The molecule has 0 radical (unpaired) electrons. The Kier molecular flexibility index (Phi) is 9.15. The van der Waals surface area contributed by atoms with Crippen LogP contribution in [0.15, 0.2) is 53.5 Å². The molecule has 1 heterocycles. The molecule has 0 aliphatic carbocycles. The minimum atomic E-state index is -2.89. The number of halogens is 3. The zero-order valence-corrected chi connectivity index (χ0v) is 19.1. The van der Waals surface area contributed by atoms with Crippen molar-refractivity contribution in [3.05, 3.63) is 59.8 Å². The Morgan fingerprint density at radius 1 is 1.13 bits per heavy atom. The number of fused-ring (bicyclic) bond motifs is 1. The van der Waals surface area contributed by atoms with Gasteiger partial charge in [-0.1, -0.05) is 18.2 Å². The SMILES string of the molecule is CN=C(NCCc1cc2ccccc2[nH]1)NCc1cc(OC)ccc1OC(F)F.I. The highest BCUT2D eigenvalue weighted by molar-refractivity contribution is 14.0. The minimum Gasteiger partial charge on any atom is -0.497 e. The van der Waals surface area contributed by atoms with Gasteiger partial charge in [-0.05, 0) is 35.7 Å². The molecule has 3 rings (SSSR count). The standard InChI is InChI=1S/C21H24F2N4O2.HI/c1-24-21(25-10-9-16-11-14-5-3-4-6-18(14)27-16)26-13-15-12-17(28-2)7-8-19(15)29-20(22)23;/h3-8,11-12,20,27H,9-10,13H2,1-2H3,(H2,24,25,26);1H. The van der Waals surface area contributed by atoms with E-state index in [2.05, 4.69) is 37.5 Å². The van der Waals surface area contributed by atoms with Gasteiger partial charge in [0, 0.05) is 43.3 Å². The second kappa shape index (κ2) is 11.6. The van der Waals surface area contributed by atoms with Crippen molar-refractivity contribution in [1.29, 1.82) is 0 Å². The first-order valence-corrected chi connectivity index (χ1v) is 9.22. The van der Waals surface area contributed by atoms with Crippen molar-refractivity contribution >= 4 is 40.8 Å². The van der Waals surface area contributed by atoms with Crippen LogP contribution in [-0.4, -0.2) is 38.3 Å². The average molecular weight is 530 g/mol. The first-order chi connectivity index (χ1) is 14.1. The van der Waals surface area contributed by atoms with Crippen LogP contribution in [0.5, 0.6) is 11.5 Å². The van der Waals surface area contributed by atoms with E-state index < -0.39 is 6.61 Å². The number of benzene rings is 2. The molecule has 0 atom stereocenters. The summed E-state index contributed by atoms with van der Waals surface area (Å²) in [6.45, 7) is -1.98. The minimum absolute atomic E-state index is 0. The number of nitrogens with zero attached hydrogens (tertiary/aromatic N) is 1. The third-order valence-electron chi connectivity index (χ3n) is 4.43. The molecule has 0 bridgehead atoms. The molecule has 3 aromatic rings. The molecule has 6 nitrogen and oxygen atoms in total. The fraction of sp³-hybridized carbons (Fsp3) is 0.286. The summed E-state index contributed by atoms with van der Waals surface area (Å²) in [7, 11) is 3.17. The summed E-state index contributed by atoms with van der Waals surface area (Å²) in [5.41, 5.74) is 2.77. The Hall–Kier alpha value is -2.56. The van der Waals surface area contributed by atoms with Gasteiger partial charge in [0.05, 0.1) is 7.11 Å². The molecule has 0 fully saturated rings. The summed E-state index contributed by atoms with van der Waals surface area (Å²) in [5, 5.41) is 7.51. The second-order valence-electron chi connectivity index (χ2n) is 6.34. The van der Waals surface area contributed by atoms with E-state index in [1.807, 2.05) is 18.2 Å². The third-order valence-corrected chi connectivity index (χ3v) is 4.43. The zero-order valence-electron chi connectivity index (χ0n) is 16.7. The number of aromatic amines is 1. The first-order valence-electron chi connectivity index (χ1n) is 9.22. The van der Waals surface area contributed by atoms with Gasteiger partial charge in [0.1, 0.15) is 11.5 Å². The maximum Gasteiger partial charge on any atom is 0.387 e. The summed E-state index contributed by atoms with van der Waals surface area (Å²) in [4.78, 5) is 7.56. The highest BCUT2D eigenvalue weighted by Crippen LogP contribution is 2.25. The quantitative estimate of drug-likeness (QED) is 0.231. The number of rotatable bonds is 8. The number of guanidine groups is 1. The van der Waals surface area contributed by atoms with Crippen LogP contribution < -0.4 is 20.1 Å². The third kappa shape index (κ3) is 6.48. The Bertz CT molecular complexity index is 946. The number of aliphatic imine (C=N–C) groups is 1. The molecule has 3 N–H and O–H groups in total. The lowest BCUT2D eigenvalue weighted by molar-refractivity contribution is -0.0504. The smallest absolute Gasteiger partial charge is 0.387 e. The van der Waals surface area contributed by atoms with E-state index in [9.17, 15) is 8.78 Å². The topological polar surface area (TPSA) is 70.7 Å². The number of aromatic nitrogens is 1. The van der Waals surface area contributed by atoms with E-state index in [4.69, 9.17) is 4.74 Å². The van der Waals surface area contributed by atoms with Gasteiger partial charge in [-0.2, -0.15) is 8.78 Å². The summed E-state index contributed by atoms with van der Waals surface area (Å²) in [5.74, 6) is 1.22. The highest BCUT2D eigenvalue weighted by Gasteiger charge is 2.11. The first kappa shape index (κ1) is 23.7. The lowest BCUT2D eigenvalue weighted by Crippen LogP contribution is -2.38. The van der Waals surface area contributed by atoms with Crippen LogP contribution in [0, 0.1) is 0 Å². The van der Waals surface area contributed by atoms with Crippen LogP contribution in [0.1, 0.15) is 11.3 Å². The summed E-state index contributed by atoms with van der Waals surface area (Å²) >= 11 is 0. The van der Waals surface area contributed by atoms with E-state index in [0.29, 0.717) is 23.8 Å². The maximum atomic E-state index is 12.6. The number of H-pyrrole nitrogens is 1. The van der Waals surface area contributed by atoms with Crippen molar-refractivity contribution < 1.29 is 18.3 Å². The number of ether oxygens (including phenoxy) is 2. The van der Waals surface area contributed by atoms with Crippen LogP contribution in [0.3, 0.4) is 0 Å². The molecule has 30 heavy (non-hydrogen) atoms. The predicted molar refractivity (Wildman–Crippen MR) is 125 cm³/mol. The lowest BCUT2D eigenvalue weighted by atomic mass is 10.2. The van der Waals surface area contributed by atoms with Crippen LogP contribution in [0.25, 0.3) is 10.9 Å². The molecule has 162 valence electrons. The van der Waals surface area contributed by atoms with Crippen LogP contribution >= 0.6 is 24.0 Å². The van der Waals surface area contributed by atoms with Gasteiger partial charge in [0.2, 0.25) is 0 Å². The van der Waals surface area contributed by atoms with Gasteiger partial charge in [0.15, 0.2) is 5.96 Å². The van der Waals surface area contributed by atoms with E-state index in [1.54, 1.807) is 19.2 Å². The second-order valence-corrected chi connectivity index (χ2v) is 6.34. The molecule has 0 saturated carbocycles. The van der Waals surface area contributed by atoms with Crippen LogP contribution in [-0.2, 0) is 13.0 Å². The zero-order chi connectivity index (χ0) is 20.6.